The third-order valence-corrected chi connectivity index (χ3v) is 1.44. The average Bonchev–Trinajstić information content (AvgIpc) is 2.06. The molecule has 0 atom stereocenters. The molecule has 1 rings (SSSR count). The fourth-order valence-electron chi connectivity index (χ4n) is 0.818. The SMILES string of the molecule is CN([CH]c1ccccc1)C(=O)O. The lowest BCUT2D eigenvalue weighted by molar-refractivity contribution is 0.166. The molecule has 63 valence electrons. The number of rotatable bonds is 2. The second kappa shape index (κ2) is 3.76. The van der Waals surface area contributed by atoms with E-state index in [1.807, 2.05) is 30.3 Å². The minimum Gasteiger partial charge on any atom is -0.465 e. The maximum absolute atomic E-state index is 10.4. The van der Waals surface area contributed by atoms with Gasteiger partial charge in [0.05, 0.1) is 6.54 Å². The molecule has 0 fully saturated rings. The summed E-state index contributed by atoms with van der Waals surface area (Å²) in [5, 5.41) is 8.54. The predicted octanol–water partition coefficient (Wildman–Crippen LogP) is 1.81. The van der Waals surface area contributed by atoms with Gasteiger partial charge in [-0.15, -0.1) is 0 Å². The van der Waals surface area contributed by atoms with Crippen LogP contribution in [0.25, 0.3) is 0 Å². The maximum atomic E-state index is 10.4. The molecule has 1 amide bonds. The Morgan fingerprint density at radius 3 is 2.50 bits per heavy atom. The van der Waals surface area contributed by atoms with Gasteiger partial charge in [0.15, 0.2) is 0 Å². The van der Waals surface area contributed by atoms with Crippen molar-refractivity contribution in [2.45, 2.75) is 0 Å². The third-order valence-electron chi connectivity index (χ3n) is 1.44. The lowest BCUT2D eigenvalue weighted by Crippen LogP contribution is -2.21. The maximum Gasteiger partial charge on any atom is 0.407 e. The van der Waals surface area contributed by atoms with Crippen molar-refractivity contribution >= 4 is 6.09 Å². The molecule has 3 nitrogen and oxygen atoms in total. The minimum atomic E-state index is -0.959. The summed E-state index contributed by atoms with van der Waals surface area (Å²) < 4.78 is 0. The Morgan fingerprint density at radius 2 is 2.00 bits per heavy atom. The standard InChI is InChI=1S/C9H10NO2/c1-10(9(11)12)7-8-5-3-2-4-6-8/h2-7H,1H3,(H,11,12). The van der Waals surface area contributed by atoms with Crippen molar-refractivity contribution in [2.75, 3.05) is 7.05 Å². The first-order valence-corrected chi connectivity index (χ1v) is 3.56. The van der Waals surface area contributed by atoms with Crippen LogP contribution in [-0.2, 0) is 0 Å². The molecule has 0 saturated carbocycles. The van der Waals surface area contributed by atoms with Gasteiger partial charge in [-0.05, 0) is 5.56 Å². The second-order valence-corrected chi connectivity index (χ2v) is 2.43. The van der Waals surface area contributed by atoms with Crippen LogP contribution in [0, 0.1) is 6.54 Å². The van der Waals surface area contributed by atoms with Gasteiger partial charge < -0.3 is 10.0 Å². The summed E-state index contributed by atoms with van der Waals surface area (Å²) in [6.07, 6.45) is -0.959. The number of nitrogens with zero attached hydrogens (tertiary/aromatic N) is 1. The quantitative estimate of drug-likeness (QED) is 0.724. The highest BCUT2D eigenvalue weighted by Crippen LogP contribution is 2.04. The largest absolute Gasteiger partial charge is 0.465 e. The van der Waals surface area contributed by atoms with Crippen LogP contribution in [0.1, 0.15) is 5.56 Å². The van der Waals surface area contributed by atoms with Gasteiger partial charge >= 0.3 is 6.09 Å². The summed E-state index contributed by atoms with van der Waals surface area (Å²) in [5.74, 6) is 0. The van der Waals surface area contributed by atoms with E-state index in [-0.39, 0.29) is 0 Å². The normalized spacial score (nSPS) is 9.42. The summed E-state index contributed by atoms with van der Waals surface area (Å²) in [7, 11) is 1.50. The molecule has 3 heteroatoms. The zero-order chi connectivity index (χ0) is 8.97. The molecule has 0 spiro atoms. The molecule has 1 N–H and O–H groups in total. The van der Waals surface area contributed by atoms with E-state index in [0.29, 0.717) is 0 Å². The summed E-state index contributed by atoms with van der Waals surface area (Å²) >= 11 is 0. The lowest BCUT2D eigenvalue weighted by atomic mass is 10.2. The fourth-order valence-corrected chi connectivity index (χ4v) is 0.818. The Bertz CT molecular complexity index is 258. The van der Waals surface area contributed by atoms with Gasteiger partial charge in [-0.1, -0.05) is 30.3 Å². The first kappa shape index (κ1) is 8.59. The van der Waals surface area contributed by atoms with Crippen LogP contribution in [-0.4, -0.2) is 23.1 Å². The van der Waals surface area contributed by atoms with E-state index in [1.54, 1.807) is 6.54 Å². The van der Waals surface area contributed by atoms with Gasteiger partial charge in [0.25, 0.3) is 0 Å². The van der Waals surface area contributed by atoms with Crippen LogP contribution in [0.2, 0.25) is 0 Å². The monoisotopic (exact) mass is 164 g/mol. The number of carbonyl (C=O) groups is 1. The van der Waals surface area contributed by atoms with Crippen LogP contribution >= 0.6 is 0 Å². The second-order valence-electron chi connectivity index (χ2n) is 2.43. The Hall–Kier alpha value is -1.51. The number of carboxylic acid groups (broad SMARTS) is 1. The molecule has 0 saturated heterocycles. The number of hydrogen-bond acceptors (Lipinski definition) is 1. The van der Waals surface area contributed by atoms with Gasteiger partial charge in [0.2, 0.25) is 0 Å². The van der Waals surface area contributed by atoms with E-state index < -0.39 is 6.09 Å². The van der Waals surface area contributed by atoms with E-state index in [2.05, 4.69) is 0 Å². The van der Waals surface area contributed by atoms with Crippen molar-refractivity contribution in [3.8, 4) is 0 Å². The molecule has 1 radical (unpaired) electrons. The topological polar surface area (TPSA) is 40.5 Å². The van der Waals surface area contributed by atoms with Crippen molar-refractivity contribution in [1.29, 1.82) is 0 Å². The third kappa shape index (κ3) is 2.27. The summed E-state index contributed by atoms with van der Waals surface area (Å²) in [4.78, 5) is 11.5. The van der Waals surface area contributed by atoms with E-state index >= 15 is 0 Å². The molecule has 0 aromatic heterocycles. The van der Waals surface area contributed by atoms with Crippen LogP contribution in [0.3, 0.4) is 0 Å². The van der Waals surface area contributed by atoms with Gasteiger partial charge in [-0.3, -0.25) is 0 Å². The van der Waals surface area contributed by atoms with Crippen molar-refractivity contribution in [3.05, 3.63) is 42.4 Å². The van der Waals surface area contributed by atoms with Crippen LogP contribution in [0.5, 0.6) is 0 Å². The number of amides is 1. The van der Waals surface area contributed by atoms with Crippen LogP contribution < -0.4 is 0 Å². The highest BCUT2D eigenvalue weighted by Gasteiger charge is 2.05. The highest BCUT2D eigenvalue weighted by molar-refractivity contribution is 5.66. The minimum absolute atomic E-state index is 0.877. The number of hydrogen-bond donors (Lipinski definition) is 1. The number of benzene rings is 1. The zero-order valence-electron chi connectivity index (χ0n) is 6.77. The van der Waals surface area contributed by atoms with Crippen LogP contribution in [0.4, 0.5) is 4.79 Å². The molecule has 0 aliphatic rings. The molecule has 0 unspecified atom stereocenters. The van der Waals surface area contributed by atoms with Crippen molar-refractivity contribution in [2.24, 2.45) is 0 Å². The smallest absolute Gasteiger partial charge is 0.407 e. The summed E-state index contributed by atoms with van der Waals surface area (Å²) in [5.41, 5.74) is 0.877. The Kier molecular flexibility index (Phi) is 2.69. The molecular weight excluding hydrogens is 154 g/mol. The first-order chi connectivity index (χ1) is 5.70. The predicted molar refractivity (Wildman–Crippen MR) is 45.6 cm³/mol. The van der Waals surface area contributed by atoms with Gasteiger partial charge in [0, 0.05) is 7.05 Å². The molecule has 0 heterocycles. The summed E-state index contributed by atoms with van der Waals surface area (Å²) in [6.45, 7) is 1.56. The Morgan fingerprint density at radius 1 is 1.42 bits per heavy atom. The molecule has 0 aliphatic heterocycles. The summed E-state index contributed by atoms with van der Waals surface area (Å²) in [6, 6.07) is 9.31. The van der Waals surface area contributed by atoms with Crippen molar-refractivity contribution in [1.82, 2.24) is 4.90 Å². The van der Waals surface area contributed by atoms with Gasteiger partial charge in [-0.25, -0.2) is 4.79 Å². The molecule has 1 aromatic carbocycles. The van der Waals surface area contributed by atoms with E-state index in [1.165, 1.54) is 7.05 Å². The molecule has 1 aromatic rings. The van der Waals surface area contributed by atoms with Crippen LogP contribution in [0.15, 0.2) is 30.3 Å². The molecular formula is C9H10NO2. The Labute approximate surface area is 71.2 Å². The Balaban J connectivity index is 2.58. The van der Waals surface area contributed by atoms with E-state index in [4.69, 9.17) is 5.11 Å². The van der Waals surface area contributed by atoms with Crippen molar-refractivity contribution < 1.29 is 9.90 Å². The lowest BCUT2D eigenvalue weighted by Gasteiger charge is -2.11. The van der Waals surface area contributed by atoms with Crippen molar-refractivity contribution in [3.63, 3.8) is 0 Å². The van der Waals surface area contributed by atoms with Gasteiger partial charge in [0.1, 0.15) is 0 Å². The van der Waals surface area contributed by atoms with Gasteiger partial charge in [-0.2, -0.15) is 0 Å². The molecule has 12 heavy (non-hydrogen) atoms. The van der Waals surface area contributed by atoms with E-state index in [0.717, 1.165) is 10.5 Å². The first-order valence-electron chi connectivity index (χ1n) is 3.56. The fraction of sp³-hybridized carbons (Fsp3) is 0.111. The highest BCUT2D eigenvalue weighted by atomic mass is 16.4. The average molecular weight is 164 g/mol. The van der Waals surface area contributed by atoms with E-state index in [9.17, 15) is 4.79 Å². The molecule has 0 bridgehead atoms. The zero-order valence-corrected chi connectivity index (χ0v) is 6.77. The molecule has 0 aliphatic carbocycles.